The van der Waals surface area contributed by atoms with Crippen LogP contribution in [0.2, 0.25) is 0 Å². The number of carbonyl (C=O) groups is 1. The number of sulfonamides is 1. The van der Waals surface area contributed by atoms with Crippen molar-refractivity contribution in [2.24, 2.45) is 0 Å². The first-order valence-electron chi connectivity index (χ1n) is 9.82. The quantitative estimate of drug-likeness (QED) is 0.834. The summed E-state index contributed by atoms with van der Waals surface area (Å²) < 4.78 is 28.8. The fourth-order valence-corrected chi connectivity index (χ4v) is 5.94. The zero-order chi connectivity index (χ0) is 19.3. The molecular weight excluding hydrogens is 374 g/mol. The van der Waals surface area contributed by atoms with Gasteiger partial charge in [-0.1, -0.05) is 18.2 Å². The summed E-state index contributed by atoms with van der Waals surface area (Å²) in [6, 6.07) is 12.5. The van der Waals surface area contributed by atoms with Crippen molar-refractivity contribution < 1.29 is 13.2 Å². The van der Waals surface area contributed by atoms with Gasteiger partial charge in [-0.05, 0) is 67.5 Å². The van der Waals surface area contributed by atoms with E-state index >= 15 is 0 Å². The first-order chi connectivity index (χ1) is 13.5. The molecule has 0 saturated carbocycles. The van der Waals surface area contributed by atoms with Crippen molar-refractivity contribution in [1.29, 1.82) is 0 Å². The van der Waals surface area contributed by atoms with E-state index in [9.17, 15) is 13.2 Å². The van der Waals surface area contributed by atoms with Gasteiger partial charge in [0.25, 0.3) is 0 Å². The van der Waals surface area contributed by atoms with Gasteiger partial charge in [-0.2, -0.15) is 0 Å². The molecule has 3 aliphatic rings. The highest BCUT2D eigenvalue weighted by atomic mass is 32.2. The lowest BCUT2D eigenvalue weighted by molar-refractivity contribution is -0.117. The average Bonchev–Trinajstić information content (AvgIpc) is 3.11. The molecule has 146 valence electrons. The van der Waals surface area contributed by atoms with Crippen molar-refractivity contribution in [2.75, 3.05) is 16.8 Å². The van der Waals surface area contributed by atoms with E-state index in [0.717, 1.165) is 36.2 Å². The predicted octanol–water partition coefficient (Wildman–Crippen LogP) is 2.44. The molecule has 2 unspecified atom stereocenters. The summed E-state index contributed by atoms with van der Waals surface area (Å²) in [6.07, 6.45) is 4.70. The van der Waals surface area contributed by atoms with Crippen LogP contribution in [0.1, 0.15) is 30.4 Å². The lowest BCUT2D eigenvalue weighted by Gasteiger charge is -2.32. The lowest BCUT2D eigenvalue weighted by Crippen LogP contribution is -2.44. The van der Waals surface area contributed by atoms with Gasteiger partial charge in [-0.25, -0.2) is 13.1 Å². The van der Waals surface area contributed by atoms with E-state index < -0.39 is 10.0 Å². The molecule has 0 bridgehead atoms. The van der Waals surface area contributed by atoms with Crippen molar-refractivity contribution in [3.05, 3.63) is 53.6 Å². The maximum absolute atomic E-state index is 13.0. The Bertz CT molecular complexity index is 1050. The van der Waals surface area contributed by atoms with E-state index in [0.29, 0.717) is 17.9 Å². The molecule has 2 aliphatic heterocycles. The van der Waals surface area contributed by atoms with Crippen LogP contribution >= 0.6 is 0 Å². The number of anilines is 2. The van der Waals surface area contributed by atoms with Gasteiger partial charge < -0.3 is 10.2 Å². The Morgan fingerprint density at radius 3 is 2.68 bits per heavy atom. The zero-order valence-electron chi connectivity index (χ0n) is 15.5. The number of benzene rings is 2. The van der Waals surface area contributed by atoms with E-state index in [4.69, 9.17) is 0 Å². The van der Waals surface area contributed by atoms with E-state index in [-0.39, 0.29) is 18.0 Å². The summed E-state index contributed by atoms with van der Waals surface area (Å²) in [7, 11) is -3.62. The number of para-hydroxylation sites is 2. The van der Waals surface area contributed by atoms with E-state index in [2.05, 4.69) is 10.0 Å². The van der Waals surface area contributed by atoms with Crippen LogP contribution in [0.3, 0.4) is 0 Å². The van der Waals surface area contributed by atoms with Gasteiger partial charge in [0.2, 0.25) is 15.9 Å². The Hall–Kier alpha value is -2.38. The normalized spacial score (nSPS) is 23.6. The van der Waals surface area contributed by atoms with Crippen LogP contribution in [0.15, 0.2) is 47.4 Å². The zero-order valence-corrected chi connectivity index (χ0v) is 16.3. The maximum Gasteiger partial charge on any atom is 0.247 e. The fourth-order valence-electron chi connectivity index (χ4n) is 4.65. The van der Waals surface area contributed by atoms with Crippen molar-refractivity contribution in [3.63, 3.8) is 0 Å². The number of aryl methyl sites for hydroxylation is 2. The van der Waals surface area contributed by atoms with E-state index in [1.54, 1.807) is 6.07 Å². The molecule has 2 N–H and O–H groups in total. The Balaban J connectivity index is 1.38. The minimum atomic E-state index is -3.62. The molecule has 2 heterocycles. The SMILES string of the molecule is O=C1Nc2ccccc2N2CC(NS(=O)(=O)c3ccc4c(c3)CCCC4)CC12. The van der Waals surface area contributed by atoms with Crippen LogP contribution in [-0.4, -0.2) is 33.0 Å². The molecule has 6 nitrogen and oxygen atoms in total. The van der Waals surface area contributed by atoms with Crippen LogP contribution in [0.25, 0.3) is 0 Å². The first-order valence-corrected chi connectivity index (χ1v) is 11.3. The Kier molecular flexibility index (Phi) is 4.17. The smallest absolute Gasteiger partial charge is 0.247 e. The third-order valence-electron chi connectivity index (χ3n) is 6.03. The summed E-state index contributed by atoms with van der Waals surface area (Å²) in [5.74, 6) is -0.0748. The average molecular weight is 398 g/mol. The molecule has 1 fully saturated rings. The van der Waals surface area contributed by atoms with Gasteiger partial charge in [-0.3, -0.25) is 4.79 Å². The van der Waals surface area contributed by atoms with Gasteiger partial charge in [0, 0.05) is 12.6 Å². The molecule has 0 spiro atoms. The highest BCUT2D eigenvalue weighted by Gasteiger charge is 2.42. The topological polar surface area (TPSA) is 78.5 Å². The van der Waals surface area contributed by atoms with Crippen molar-refractivity contribution >= 4 is 27.3 Å². The summed E-state index contributed by atoms with van der Waals surface area (Å²) in [6.45, 7) is 0.485. The summed E-state index contributed by atoms with van der Waals surface area (Å²) in [5, 5.41) is 2.92. The maximum atomic E-state index is 13.0. The molecule has 1 saturated heterocycles. The molecule has 28 heavy (non-hydrogen) atoms. The largest absolute Gasteiger partial charge is 0.356 e. The third-order valence-corrected chi connectivity index (χ3v) is 7.55. The van der Waals surface area contributed by atoms with Crippen molar-refractivity contribution in [3.8, 4) is 0 Å². The van der Waals surface area contributed by atoms with Crippen molar-refractivity contribution in [1.82, 2.24) is 4.72 Å². The molecule has 5 rings (SSSR count). The number of carbonyl (C=O) groups excluding carboxylic acids is 1. The van der Waals surface area contributed by atoms with E-state index in [1.165, 1.54) is 12.0 Å². The standard InChI is InChI=1S/C21H23N3O3S/c25-21-20-12-16(13-24(20)19-8-4-3-7-18(19)22-21)23-28(26,27)17-10-9-14-5-1-2-6-15(14)11-17/h3-4,7-11,16,20,23H,1-2,5-6,12-13H2,(H,22,25). The number of rotatable bonds is 3. The van der Waals surface area contributed by atoms with E-state index in [1.807, 2.05) is 41.3 Å². The fraction of sp³-hybridized carbons (Fsp3) is 0.381. The molecule has 7 heteroatoms. The molecular formula is C21H23N3O3S. The second-order valence-electron chi connectivity index (χ2n) is 7.87. The monoisotopic (exact) mass is 397 g/mol. The van der Waals surface area contributed by atoms with Crippen LogP contribution in [-0.2, 0) is 27.7 Å². The number of fused-ring (bicyclic) bond motifs is 4. The number of amides is 1. The van der Waals surface area contributed by atoms with Crippen LogP contribution in [0.4, 0.5) is 11.4 Å². The molecule has 2 aromatic carbocycles. The molecule has 1 amide bonds. The Morgan fingerprint density at radius 2 is 1.82 bits per heavy atom. The third kappa shape index (κ3) is 2.99. The van der Waals surface area contributed by atoms with Gasteiger partial charge in [0.15, 0.2) is 0 Å². The second kappa shape index (κ2) is 6.60. The van der Waals surface area contributed by atoms with Crippen molar-refractivity contribution in [2.45, 2.75) is 49.1 Å². The summed E-state index contributed by atoms with van der Waals surface area (Å²) >= 11 is 0. The van der Waals surface area contributed by atoms with Gasteiger partial charge in [0.1, 0.15) is 6.04 Å². The van der Waals surface area contributed by atoms with Gasteiger partial charge in [-0.15, -0.1) is 0 Å². The van der Waals surface area contributed by atoms with Gasteiger partial charge >= 0.3 is 0 Å². The summed E-state index contributed by atoms with van der Waals surface area (Å²) in [5.41, 5.74) is 4.13. The first kappa shape index (κ1) is 17.7. The van der Waals surface area contributed by atoms with Gasteiger partial charge in [0.05, 0.1) is 16.3 Å². The minimum absolute atomic E-state index is 0.0748. The molecule has 2 aromatic rings. The lowest BCUT2D eigenvalue weighted by atomic mass is 9.92. The number of nitrogens with one attached hydrogen (secondary N) is 2. The van der Waals surface area contributed by atoms with Crippen LogP contribution in [0, 0.1) is 0 Å². The number of hydrogen-bond acceptors (Lipinski definition) is 4. The minimum Gasteiger partial charge on any atom is -0.356 e. The highest BCUT2D eigenvalue weighted by molar-refractivity contribution is 7.89. The highest BCUT2D eigenvalue weighted by Crippen LogP contribution is 2.36. The Labute approximate surface area is 165 Å². The molecule has 0 aromatic heterocycles. The molecule has 2 atom stereocenters. The van der Waals surface area contributed by atoms with Crippen LogP contribution in [0.5, 0.6) is 0 Å². The predicted molar refractivity (Wildman–Crippen MR) is 108 cm³/mol. The molecule has 0 radical (unpaired) electrons. The number of nitrogens with zero attached hydrogens (tertiary/aromatic N) is 1. The molecule has 1 aliphatic carbocycles. The van der Waals surface area contributed by atoms with Crippen LogP contribution < -0.4 is 14.9 Å². The Morgan fingerprint density at radius 1 is 1.04 bits per heavy atom. The second-order valence-corrected chi connectivity index (χ2v) is 9.58. The summed E-state index contributed by atoms with van der Waals surface area (Å²) in [4.78, 5) is 14.8. The number of hydrogen-bond donors (Lipinski definition) is 2.